The molecule has 1 heterocycles. The average molecular weight is 310 g/mol. The summed E-state index contributed by atoms with van der Waals surface area (Å²) in [5.74, 6) is 1.10. The molecule has 0 unspecified atom stereocenters. The van der Waals surface area contributed by atoms with Crippen molar-refractivity contribution in [3.05, 3.63) is 35.0 Å². The number of pyridine rings is 1. The third kappa shape index (κ3) is 3.33. The number of anilines is 1. The minimum Gasteiger partial charge on any atom is -0.350 e. The van der Waals surface area contributed by atoms with E-state index in [0.717, 1.165) is 29.9 Å². The van der Waals surface area contributed by atoms with Crippen molar-refractivity contribution in [1.82, 2.24) is 10.3 Å². The summed E-state index contributed by atoms with van der Waals surface area (Å²) >= 11 is 3.50. The van der Waals surface area contributed by atoms with Crippen molar-refractivity contribution < 1.29 is 0 Å². The van der Waals surface area contributed by atoms with Crippen LogP contribution in [0.2, 0.25) is 0 Å². The van der Waals surface area contributed by atoms with Gasteiger partial charge in [-0.05, 0) is 41.4 Å². The van der Waals surface area contributed by atoms with Gasteiger partial charge in [0.1, 0.15) is 5.82 Å². The van der Waals surface area contributed by atoms with Crippen LogP contribution in [0.3, 0.4) is 0 Å². The lowest BCUT2D eigenvalue weighted by atomic mass is 10.2. The van der Waals surface area contributed by atoms with Gasteiger partial charge in [0.05, 0.1) is 0 Å². The highest BCUT2D eigenvalue weighted by Crippen LogP contribution is 2.33. The van der Waals surface area contributed by atoms with Crippen LogP contribution in [-0.2, 0) is 6.54 Å². The van der Waals surface area contributed by atoms with E-state index in [4.69, 9.17) is 0 Å². The predicted octanol–water partition coefficient (Wildman–Crippen LogP) is 3.11. The Hall–Kier alpha value is -0.870. The van der Waals surface area contributed by atoms with Crippen LogP contribution in [0, 0.1) is 0 Å². The first-order valence-corrected chi connectivity index (χ1v) is 7.28. The molecule has 0 aliphatic heterocycles. The summed E-state index contributed by atoms with van der Waals surface area (Å²) in [6.07, 6.45) is 6.38. The second-order valence-electron chi connectivity index (χ2n) is 4.59. The van der Waals surface area contributed by atoms with Gasteiger partial charge in [0.15, 0.2) is 0 Å². The smallest absolute Gasteiger partial charge is 0.133 e. The van der Waals surface area contributed by atoms with Crippen molar-refractivity contribution in [2.45, 2.75) is 32.4 Å². The number of rotatable bonds is 7. The quantitative estimate of drug-likeness (QED) is 0.784. The standard InChI is InChI=1S/C14H20BrN3/c1-3-7-18(13-5-6-13)14-11(9-16-4-2)8-12(15)10-17-14/h3,8,10,13,16H,1,4-7,9H2,2H3. The van der Waals surface area contributed by atoms with Gasteiger partial charge in [-0.1, -0.05) is 13.0 Å². The van der Waals surface area contributed by atoms with Crippen LogP contribution in [0.5, 0.6) is 0 Å². The molecule has 1 saturated carbocycles. The van der Waals surface area contributed by atoms with E-state index in [1.807, 2.05) is 12.3 Å². The van der Waals surface area contributed by atoms with Crippen LogP contribution in [0.25, 0.3) is 0 Å². The van der Waals surface area contributed by atoms with Gasteiger partial charge in [0.2, 0.25) is 0 Å². The van der Waals surface area contributed by atoms with Crippen molar-refractivity contribution in [1.29, 1.82) is 0 Å². The molecule has 0 radical (unpaired) electrons. The SMILES string of the molecule is C=CCN(c1ncc(Br)cc1CNCC)C1CC1. The molecule has 3 nitrogen and oxygen atoms in total. The summed E-state index contributed by atoms with van der Waals surface area (Å²) < 4.78 is 1.04. The average Bonchev–Trinajstić information content (AvgIpc) is 3.18. The van der Waals surface area contributed by atoms with E-state index < -0.39 is 0 Å². The monoisotopic (exact) mass is 309 g/mol. The maximum Gasteiger partial charge on any atom is 0.133 e. The Bertz CT molecular complexity index is 416. The van der Waals surface area contributed by atoms with E-state index in [2.05, 4.69) is 50.7 Å². The highest BCUT2D eigenvalue weighted by atomic mass is 79.9. The molecule has 0 aromatic carbocycles. The first-order valence-electron chi connectivity index (χ1n) is 6.49. The summed E-state index contributed by atoms with van der Waals surface area (Å²) in [5.41, 5.74) is 1.25. The van der Waals surface area contributed by atoms with Crippen LogP contribution < -0.4 is 10.2 Å². The highest BCUT2D eigenvalue weighted by Gasteiger charge is 2.30. The highest BCUT2D eigenvalue weighted by molar-refractivity contribution is 9.10. The van der Waals surface area contributed by atoms with Crippen molar-refractivity contribution >= 4 is 21.7 Å². The van der Waals surface area contributed by atoms with Crippen LogP contribution in [0.4, 0.5) is 5.82 Å². The van der Waals surface area contributed by atoms with Crippen LogP contribution in [0.15, 0.2) is 29.4 Å². The Balaban J connectivity index is 2.25. The lowest BCUT2D eigenvalue weighted by Gasteiger charge is -2.24. The first-order chi connectivity index (χ1) is 8.76. The summed E-state index contributed by atoms with van der Waals surface area (Å²) in [6.45, 7) is 8.67. The van der Waals surface area contributed by atoms with E-state index in [9.17, 15) is 0 Å². The van der Waals surface area contributed by atoms with E-state index in [1.54, 1.807) is 0 Å². The van der Waals surface area contributed by atoms with Crippen molar-refractivity contribution in [3.8, 4) is 0 Å². The van der Waals surface area contributed by atoms with Crippen molar-refractivity contribution in [2.75, 3.05) is 18.0 Å². The zero-order valence-electron chi connectivity index (χ0n) is 10.8. The third-order valence-corrected chi connectivity index (χ3v) is 3.49. The Labute approximate surface area is 117 Å². The Morgan fingerprint density at radius 2 is 2.39 bits per heavy atom. The molecule has 4 heteroatoms. The van der Waals surface area contributed by atoms with Crippen LogP contribution >= 0.6 is 15.9 Å². The number of aromatic nitrogens is 1. The molecular formula is C14H20BrN3. The van der Waals surface area contributed by atoms with Crippen molar-refractivity contribution in [3.63, 3.8) is 0 Å². The number of hydrogen-bond donors (Lipinski definition) is 1. The predicted molar refractivity (Wildman–Crippen MR) is 79.9 cm³/mol. The summed E-state index contributed by atoms with van der Waals surface area (Å²) in [6, 6.07) is 2.81. The normalized spacial score (nSPS) is 14.6. The molecule has 1 N–H and O–H groups in total. The Kier molecular flexibility index (Phi) is 4.78. The molecular weight excluding hydrogens is 290 g/mol. The maximum atomic E-state index is 4.60. The Morgan fingerprint density at radius 3 is 3.00 bits per heavy atom. The molecule has 1 aliphatic rings. The number of nitrogens with one attached hydrogen (secondary N) is 1. The van der Waals surface area contributed by atoms with Gasteiger partial charge >= 0.3 is 0 Å². The molecule has 1 aliphatic carbocycles. The molecule has 98 valence electrons. The second kappa shape index (κ2) is 6.34. The van der Waals surface area contributed by atoms with Gasteiger partial charge < -0.3 is 10.2 Å². The molecule has 1 aromatic heterocycles. The molecule has 2 rings (SSSR count). The van der Waals surface area contributed by atoms with Gasteiger partial charge in [0, 0.05) is 35.4 Å². The zero-order valence-corrected chi connectivity index (χ0v) is 12.4. The van der Waals surface area contributed by atoms with Gasteiger partial charge in [-0.2, -0.15) is 0 Å². The van der Waals surface area contributed by atoms with Crippen LogP contribution in [0.1, 0.15) is 25.3 Å². The van der Waals surface area contributed by atoms with Crippen LogP contribution in [-0.4, -0.2) is 24.1 Å². The van der Waals surface area contributed by atoms with E-state index >= 15 is 0 Å². The lowest BCUT2D eigenvalue weighted by Crippen LogP contribution is -2.28. The lowest BCUT2D eigenvalue weighted by molar-refractivity contribution is 0.715. The fourth-order valence-electron chi connectivity index (χ4n) is 2.06. The first kappa shape index (κ1) is 13.6. The molecule has 1 fully saturated rings. The third-order valence-electron chi connectivity index (χ3n) is 3.06. The van der Waals surface area contributed by atoms with E-state index in [0.29, 0.717) is 6.04 Å². The molecule has 0 atom stereocenters. The Morgan fingerprint density at radius 1 is 1.61 bits per heavy atom. The molecule has 0 spiro atoms. The summed E-state index contributed by atoms with van der Waals surface area (Å²) in [7, 11) is 0. The van der Waals surface area contributed by atoms with Crippen molar-refractivity contribution in [2.24, 2.45) is 0 Å². The minimum absolute atomic E-state index is 0.650. The summed E-state index contributed by atoms with van der Waals surface area (Å²) in [5, 5.41) is 3.38. The van der Waals surface area contributed by atoms with Gasteiger partial charge in [-0.25, -0.2) is 4.98 Å². The number of nitrogens with zero attached hydrogens (tertiary/aromatic N) is 2. The van der Waals surface area contributed by atoms with Gasteiger partial charge in [-0.3, -0.25) is 0 Å². The molecule has 18 heavy (non-hydrogen) atoms. The topological polar surface area (TPSA) is 28.2 Å². The second-order valence-corrected chi connectivity index (χ2v) is 5.50. The molecule has 0 saturated heterocycles. The number of halogens is 1. The molecule has 0 amide bonds. The molecule has 0 bridgehead atoms. The van der Waals surface area contributed by atoms with Gasteiger partial charge in [-0.15, -0.1) is 6.58 Å². The largest absolute Gasteiger partial charge is 0.350 e. The summed E-state index contributed by atoms with van der Waals surface area (Å²) in [4.78, 5) is 6.97. The zero-order chi connectivity index (χ0) is 13.0. The van der Waals surface area contributed by atoms with E-state index in [1.165, 1.54) is 18.4 Å². The number of hydrogen-bond acceptors (Lipinski definition) is 3. The van der Waals surface area contributed by atoms with E-state index in [-0.39, 0.29) is 0 Å². The van der Waals surface area contributed by atoms with Gasteiger partial charge in [0.25, 0.3) is 0 Å². The fourth-order valence-corrected chi connectivity index (χ4v) is 2.43. The minimum atomic E-state index is 0.650. The fraction of sp³-hybridized carbons (Fsp3) is 0.500. The maximum absolute atomic E-state index is 4.60. The molecule has 1 aromatic rings.